The minimum Gasteiger partial charge on any atom is -0.508 e. The van der Waals surface area contributed by atoms with E-state index in [1.165, 1.54) is 5.56 Å². The molecule has 0 aliphatic carbocycles. The Bertz CT molecular complexity index is 353. The Hall–Kier alpha value is -1.10. The standard InChI is InChI=1S/C14H22N2O2/c1-2-16-7-8-18-14(11-16)10-15-9-12-3-5-13(17)6-4-12/h3-6,14-15,17H,2,7-11H2,1H3. The monoisotopic (exact) mass is 250 g/mol. The lowest BCUT2D eigenvalue weighted by Crippen LogP contribution is -2.46. The van der Waals surface area contributed by atoms with Gasteiger partial charge in [0.1, 0.15) is 5.75 Å². The van der Waals surface area contributed by atoms with Crippen molar-refractivity contribution in [1.29, 1.82) is 0 Å². The summed E-state index contributed by atoms with van der Waals surface area (Å²) < 4.78 is 5.72. The average molecular weight is 250 g/mol. The van der Waals surface area contributed by atoms with Crippen molar-refractivity contribution < 1.29 is 9.84 Å². The summed E-state index contributed by atoms with van der Waals surface area (Å²) >= 11 is 0. The van der Waals surface area contributed by atoms with Crippen molar-refractivity contribution in [2.75, 3.05) is 32.8 Å². The molecule has 0 saturated carbocycles. The van der Waals surface area contributed by atoms with Gasteiger partial charge in [-0.15, -0.1) is 0 Å². The van der Waals surface area contributed by atoms with Crippen molar-refractivity contribution in [3.8, 4) is 5.75 Å². The van der Waals surface area contributed by atoms with Crippen molar-refractivity contribution >= 4 is 0 Å². The summed E-state index contributed by atoms with van der Waals surface area (Å²) in [6.45, 7) is 7.86. The molecule has 1 unspecified atom stereocenters. The lowest BCUT2D eigenvalue weighted by atomic mass is 10.2. The van der Waals surface area contributed by atoms with Gasteiger partial charge in [-0.05, 0) is 24.2 Å². The largest absolute Gasteiger partial charge is 0.508 e. The zero-order chi connectivity index (χ0) is 12.8. The second kappa shape index (κ2) is 6.73. The molecule has 18 heavy (non-hydrogen) atoms. The van der Waals surface area contributed by atoms with Gasteiger partial charge >= 0.3 is 0 Å². The number of benzene rings is 1. The number of phenols is 1. The van der Waals surface area contributed by atoms with E-state index < -0.39 is 0 Å². The maximum atomic E-state index is 9.20. The molecule has 100 valence electrons. The van der Waals surface area contributed by atoms with Gasteiger partial charge in [0, 0.05) is 26.2 Å². The van der Waals surface area contributed by atoms with Crippen LogP contribution in [0.4, 0.5) is 0 Å². The molecule has 4 heteroatoms. The Morgan fingerprint density at radius 1 is 1.39 bits per heavy atom. The molecule has 2 rings (SSSR count). The van der Waals surface area contributed by atoms with Crippen molar-refractivity contribution in [3.05, 3.63) is 29.8 Å². The first-order valence-corrected chi connectivity index (χ1v) is 6.60. The van der Waals surface area contributed by atoms with E-state index in [1.54, 1.807) is 12.1 Å². The van der Waals surface area contributed by atoms with Crippen LogP contribution in [0.2, 0.25) is 0 Å². The van der Waals surface area contributed by atoms with Crippen molar-refractivity contribution in [1.82, 2.24) is 10.2 Å². The van der Waals surface area contributed by atoms with Crippen LogP contribution in [0.25, 0.3) is 0 Å². The van der Waals surface area contributed by atoms with Crippen LogP contribution < -0.4 is 5.32 Å². The molecule has 1 aromatic carbocycles. The van der Waals surface area contributed by atoms with Crippen molar-refractivity contribution in [2.24, 2.45) is 0 Å². The van der Waals surface area contributed by atoms with E-state index in [2.05, 4.69) is 17.1 Å². The summed E-state index contributed by atoms with van der Waals surface area (Å²) in [4.78, 5) is 2.41. The normalized spacial score (nSPS) is 21.1. The number of phenolic OH excluding ortho intramolecular Hbond substituents is 1. The predicted molar refractivity (Wildman–Crippen MR) is 71.7 cm³/mol. The molecular weight excluding hydrogens is 228 g/mol. The van der Waals surface area contributed by atoms with E-state index in [4.69, 9.17) is 4.74 Å². The molecule has 4 nitrogen and oxygen atoms in total. The van der Waals surface area contributed by atoms with E-state index >= 15 is 0 Å². The van der Waals surface area contributed by atoms with Crippen molar-refractivity contribution in [2.45, 2.75) is 19.6 Å². The molecule has 1 aliphatic heterocycles. The van der Waals surface area contributed by atoms with Gasteiger partial charge in [-0.3, -0.25) is 4.90 Å². The zero-order valence-corrected chi connectivity index (χ0v) is 10.9. The summed E-state index contributed by atoms with van der Waals surface area (Å²) in [7, 11) is 0. The molecule has 0 spiro atoms. The number of morpholine rings is 1. The van der Waals surface area contributed by atoms with Gasteiger partial charge in [-0.25, -0.2) is 0 Å². The number of likely N-dealkylation sites (N-methyl/N-ethyl adjacent to an activating group) is 1. The number of nitrogens with zero attached hydrogens (tertiary/aromatic N) is 1. The van der Waals surface area contributed by atoms with Gasteiger partial charge in [-0.2, -0.15) is 0 Å². The predicted octanol–water partition coefficient (Wildman–Crippen LogP) is 1.20. The highest BCUT2D eigenvalue weighted by atomic mass is 16.5. The van der Waals surface area contributed by atoms with Crippen LogP contribution in [-0.4, -0.2) is 48.9 Å². The maximum absolute atomic E-state index is 9.20. The summed E-state index contributed by atoms with van der Waals surface area (Å²) in [6.07, 6.45) is 0.288. The van der Waals surface area contributed by atoms with E-state index in [-0.39, 0.29) is 6.10 Å². The molecule has 1 atom stereocenters. The van der Waals surface area contributed by atoms with Crippen LogP contribution in [0.15, 0.2) is 24.3 Å². The topological polar surface area (TPSA) is 44.7 Å². The fourth-order valence-electron chi connectivity index (χ4n) is 2.18. The Morgan fingerprint density at radius 3 is 2.89 bits per heavy atom. The first-order valence-electron chi connectivity index (χ1n) is 6.60. The average Bonchev–Trinajstić information content (AvgIpc) is 2.41. The molecule has 2 N–H and O–H groups in total. The van der Waals surface area contributed by atoms with Gasteiger partial charge < -0.3 is 15.2 Å². The molecule has 0 bridgehead atoms. The van der Waals surface area contributed by atoms with Crippen molar-refractivity contribution in [3.63, 3.8) is 0 Å². The number of hydrogen-bond donors (Lipinski definition) is 2. The number of hydrogen-bond acceptors (Lipinski definition) is 4. The van der Waals surface area contributed by atoms with Gasteiger partial charge in [0.05, 0.1) is 12.7 Å². The first kappa shape index (κ1) is 13.3. The van der Waals surface area contributed by atoms with E-state index in [9.17, 15) is 5.11 Å². The molecule has 1 aromatic rings. The quantitative estimate of drug-likeness (QED) is 0.824. The van der Waals surface area contributed by atoms with Crippen LogP contribution in [-0.2, 0) is 11.3 Å². The maximum Gasteiger partial charge on any atom is 0.115 e. The Kier molecular flexibility index (Phi) is 4.99. The van der Waals surface area contributed by atoms with Gasteiger partial charge in [0.2, 0.25) is 0 Å². The van der Waals surface area contributed by atoms with E-state index in [0.717, 1.165) is 39.3 Å². The van der Waals surface area contributed by atoms with E-state index in [1.807, 2.05) is 12.1 Å². The Morgan fingerprint density at radius 2 is 2.17 bits per heavy atom. The van der Waals surface area contributed by atoms with Crippen LogP contribution in [0, 0.1) is 0 Å². The lowest BCUT2D eigenvalue weighted by molar-refractivity contribution is -0.0253. The highest BCUT2D eigenvalue weighted by Gasteiger charge is 2.18. The SMILES string of the molecule is CCN1CCOC(CNCc2ccc(O)cc2)C1. The van der Waals surface area contributed by atoms with Gasteiger partial charge in [-0.1, -0.05) is 19.1 Å². The molecule has 0 amide bonds. The second-order valence-corrected chi connectivity index (χ2v) is 4.68. The molecule has 0 radical (unpaired) electrons. The highest BCUT2D eigenvalue weighted by Crippen LogP contribution is 2.09. The summed E-state index contributed by atoms with van der Waals surface area (Å²) in [5, 5.41) is 12.6. The summed E-state index contributed by atoms with van der Waals surface area (Å²) in [5.74, 6) is 0.313. The van der Waals surface area contributed by atoms with Gasteiger partial charge in [0.15, 0.2) is 0 Å². The number of rotatable bonds is 5. The third-order valence-corrected chi connectivity index (χ3v) is 3.31. The molecule has 1 heterocycles. The van der Waals surface area contributed by atoms with Crippen LogP contribution in [0.1, 0.15) is 12.5 Å². The van der Waals surface area contributed by atoms with Crippen LogP contribution >= 0.6 is 0 Å². The number of ether oxygens (including phenoxy) is 1. The summed E-state index contributed by atoms with van der Waals surface area (Å²) in [6, 6.07) is 7.30. The first-order chi connectivity index (χ1) is 8.78. The Labute approximate surface area is 109 Å². The Balaban J connectivity index is 1.70. The molecule has 1 aliphatic rings. The minimum absolute atomic E-state index is 0.288. The molecular formula is C14H22N2O2. The third-order valence-electron chi connectivity index (χ3n) is 3.31. The number of aromatic hydroxyl groups is 1. The third kappa shape index (κ3) is 3.98. The second-order valence-electron chi connectivity index (χ2n) is 4.68. The number of nitrogens with one attached hydrogen (secondary N) is 1. The van der Waals surface area contributed by atoms with Gasteiger partial charge in [0.25, 0.3) is 0 Å². The fourth-order valence-corrected chi connectivity index (χ4v) is 2.18. The molecule has 1 saturated heterocycles. The molecule has 0 aromatic heterocycles. The highest BCUT2D eigenvalue weighted by molar-refractivity contribution is 5.25. The lowest BCUT2D eigenvalue weighted by Gasteiger charge is -2.32. The zero-order valence-electron chi connectivity index (χ0n) is 10.9. The summed E-state index contributed by atoms with van der Waals surface area (Å²) in [5.41, 5.74) is 1.18. The van der Waals surface area contributed by atoms with Crippen LogP contribution in [0.3, 0.4) is 0 Å². The van der Waals surface area contributed by atoms with E-state index in [0.29, 0.717) is 5.75 Å². The minimum atomic E-state index is 0.288. The smallest absolute Gasteiger partial charge is 0.115 e. The van der Waals surface area contributed by atoms with Crippen LogP contribution in [0.5, 0.6) is 5.75 Å². The molecule has 1 fully saturated rings. The fraction of sp³-hybridized carbons (Fsp3) is 0.571.